The first-order chi connectivity index (χ1) is 9.51. The number of methoxy groups -OCH3 is 1. The van der Waals surface area contributed by atoms with Crippen LogP contribution in [0.5, 0.6) is 5.88 Å². The monoisotopic (exact) mass is 386 g/mol. The Balaban J connectivity index is 2.51. The predicted octanol–water partition coefficient (Wildman–Crippen LogP) is 2.04. The number of aromatic nitrogens is 4. The molecule has 2 heterocycles. The van der Waals surface area contributed by atoms with Crippen LogP contribution < -0.4 is 10.3 Å². The Bertz CT molecular complexity index is 670. The van der Waals surface area contributed by atoms with E-state index in [0.29, 0.717) is 26.9 Å². The number of rotatable bonds is 4. The third-order valence-corrected chi connectivity index (χ3v) is 3.74. The molecule has 7 heteroatoms. The minimum absolute atomic E-state index is 0.149. The van der Waals surface area contributed by atoms with Crippen LogP contribution in [0.1, 0.15) is 19.5 Å². The highest BCUT2D eigenvalue weighted by Gasteiger charge is 2.13. The second kappa shape index (κ2) is 6.29. The van der Waals surface area contributed by atoms with E-state index < -0.39 is 0 Å². The van der Waals surface area contributed by atoms with Gasteiger partial charge in [-0.2, -0.15) is 0 Å². The molecule has 20 heavy (non-hydrogen) atoms. The van der Waals surface area contributed by atoms with Crippen LogP contribution in [0.3, 0.4) is 0 Å². The molecule has 0 saturated carbocycles. The number of hydrogen-bond donors (Lipinski definition) is 1. The van der Waals surface area contributed by atoms with Crippen molar-refractivity contribution in [3.05, 3.63) is 32.0 Å². The molecular formula is C13H15IN4O2. The molecule has 0 unspecified atom stereocenters. The van der Waals surface area contributed by atoms with Gasteiger partial charge in [0.25, 0.3) is 5.56 Å². The topological polar surface area (TPSA) is 80.8 Å². The lowest BCUT2D eigenvalue weighted by atomic mass is 10.1. The maximum atomic E-state index is 12.0. The van der Waals surface area contributed by atoms with Gasteiger partial charge in [0.15, 0.2) is 5.82 Å². The summed E-state index contributed by atoms with van der Waals surface area (Å²) in [5.74, 6) is 1.29. The highest BCUT2D eigenvalue weighted by molar-refractivity contribution is 14.1. The number of hydrogen-bond acceptors (Lipinski definition) is 5. The maximum Gasteiger partial charge on any atom is 0.264 e. The largest absolute Gasteiger partial charge is 0.481 e. The van der Waals surface area contributed by atoms with Gasteiger partial charge in [-0.25, -0.2) is 15.0 Å². The zero-order valence-electron chi connectivity index (χ0n) is 11.5. The van der Waals surface area contributed by atoms with Crippen LogP contribution in [0.2, 0.25) is 0 Å². The van der Waals surface area contributed by atoms with Crippen molar-refractivity contribution < 1.29 is 4.74 Å². The number of aromatic amines is 1. The zero-order chi connectivity index (χ0) is 14.7. The lowest BCUT2D eigenvalue weighted by Crippen LogP contribution is -2.17. The van der Waals surface area contributed by atoms with Gasteiger partial charge in [0.2, 0.25) is 5.88 Å². The Morgan fingerprint density at radius 3 is 2.80 bits per heavy atom. The molecular weight excluding hydrogens is 371 g/mol. The summed E-state index contributed by atoms with van der Waals surface area (Å²) in [4.78, 5) is 27.3. The molecule has 0 radical (unpaired) electrons. The van der Waals surface area contributed by atoms with Crippen molar-refractivity contribution in [1.82, 2.24) is 19.9 Å². The van der Waals surface area contributed by atoms with Crippen molar-refractivity contribution in [1.29, 1.82) is 0 Å². The van der Waals surface area contributed by atoms with Gasteiger partial charge in [-0.1, -0.05) is 13.8 Å². The Labute approximate surface area is 130 Å². The number of nitrogens with one attached hydrogen (secondary N) is 1. The molecule has 0 fully saturated rings. The quantitative estimate of drug-likeness (QED) is 0.814. The molecule has 2 aromatic heterocycles. The fourth-order valence-corrected chi connectivity index (χ4v) is 2.20. The van der Waals surface area contributed by atoms with Crippen molar-refractivity contribution in [2.24, 2.45) is 5.92 Å². The van der Waals surface area contributed by atoms with Gasteiger partial charge >= 0.3 is 0 Å². The number of ether oxygens (including phenoxy) is 1. The number of nitrogens with zero attached hydrogens (tertiary/aromatic N) is 3. The van der Waals surface area contributed by atoms with Crippen LogP contribution >= 0.6 is 22.6 Å². The van der Waals surface area contributed by atoms with E-state index in [9.17, 15) is 4.79 Å². The SMILES string of the molecule is COc1cc(-c2nc(CC(C)C)c(I)c(=O)[nH]2)ncn1. The summed E-state index contributed by atoms with van der Waals surface area (Å²) in [6.45, 7) is 4.18. The van der Waals surface area contributed by atoms with Gasteiger partial charge in [0.1, 0.15) is 12.0 Å². The highest BCUT2D eigenvalue weighted by Crippen LogP contribution is 2.17. The normalized spacial score (nSPS) is 10.8. The van der Waals surface area contributed by atoms with Crippen molar-refractivity contribution in [2.75, 3.05) is 7.11 Å². The van der Waals surface area contributed by atoms with Crippen LogP contribution in [0.25, 0.3) is 11.5 Å². The number of H-pyrrole nitrogens is 1. The molecule has 2 aromatic rings. The summed E-state index contributed by atoms with van der Waals surface area (Å²) >= 11 is 2.02. The molecule has 0 aromatic carbocycles. The minimum atomic E-state index is -0.149. The van der Waals surface area contributed by atoms with Crippen molar-refractivity contribution in [2.45, 2.75) is 20.3 Å². The summed E-state index contributed by atoms with van der Waals surface area (Å²) in [5, 5.41) is 0. The second-order valence-corrected chi connectivity index (χ2v) is 5.80. The van der Waals surface area contributed by atoms with E-state index in [1.165, 1.54) is 13.4 Å². The van der Waals surface area contributed by atoms with E-state index in [2.05, 4.69) is 33.8 Å². The third-order valence-electron chi connectivity index (χ3n) is 2.63. The van der Waals surface area contributed by atoms with Gasteiger partial charge in [-0.15, -0.1) is 0 Å². The molecule has 0 saturated heterocycles. The van der Waals surface area contributed by atoms with Gasteiger partial charge in [-0.05, 0) is 34.9 Å². The molecule has 0 bridgehead atoms. The first-order valence-electron chi connectivity index (χ1n) is 6.16. The average Bonchev–Trinajstić information content (AvgIpc) is 2.43. The fourth-order valence-electron chi connectivity index (χ4n) is 1.73. The molecule has 0 aliphatic carbocycles. The molecule has 0 aliphatic rings. The Hall–Kier alpha value is -1.51. The zero-order valence-corrected chi connectivity index (χ0v) is 13.6. The minimum Gasteiger partial charge on any atom is -0.481 e. The first kappa shape index (κ1) is 14.9. The predicted molar refractivity (Wildman–Crippen MR) is 83.7 cm³/mol. The van der Waals surface area contributed by atoms with Crippen LogP contribution in [-0.2, 0) is 6.42 Å². The Morgan fingerprint density at radius 2 is 2.15 bits per heavy atom. The van der Waals surface area contributed by atoms with Gasteiger partial charge in [-0.3, -0.25) is 4.79 Å². The molecule has 0 spiro atoms. The third kappa shape index (κ3) is 3.33. The summed E-state index contributed by atoms with van der Waals surface area (Å²) in [7, 11) is 1.53. The molecule has 0 atom stereocenters. The summed E-state index contributed by atoms with van der Waals surface area (Å²) in [6.07, 6.45) is 2.13. The van der Waals surface area contributed by atoms with E-state index in [1.807, 2.05) is 22.6 Å². The molecule has 2 rings (SSSR count). The number of halogens is 1. The summed E-state index contributed by atoms with van der Waals surface area (Å²) < 4.78 is 5.68. The molecule has 1 N–H and O–H groups in total. The maximum absolute atomic E-state index is 12.0. The van der Waals surface area contributed by atoms with E-state index in [-0.39, 0.29) is 5.56 Å². The Morgan fingerprint density at radius 1 is 1.40 bits per heavy atom. The molecule has 0 aliphatic heterocycles. The summed E-state index contributed by atoms with van der Waals surface area (Å²) in [6, 6.07) is 1.64. The van der Waals surface area contributed by atoms with Crippen molar-refractivity contribution in [3.8, 4) is 17.4 Å². The fraction of sp³-hybridized carbons (Fsp3) is 0.385. The van der Waals surface area contributed by atoms with E-state index in [1.54, 1.807) is 6.07 Å². The Kier molecular flexibility index (Phi) is 4.69. The standard InChI is InChI=1S/C13H15IN4O2/c1-7(2)4-8-11(14)13(19)18-12(17-8)9-5-10(20-3)16-6-15-9/h5-7H,4H2,1-3H3,(H,17,18,19). The van der Waals surface area contributed by atoms with Crippen LogP contribution in [0.15, 0.2) is 17.2 Å². The lowest BCUT2D eigenvalue weighted by molar-refractivity contribution is 0.397. The van der Waals surface area contributed by atoms with Crippen LogP contribution in [-0.4, -0.2) is 27.0 Å². The lowest BCUT2D eigenvalue weighted by Gasteiger charge is -2.08. The van der Waals surface area contributed by atoms with Gasteiger partial charge in [0.05, 0.1) is 16.4 Å². The summed E-state index contributed by atoms with van der Waals surface area (Å²) in [5.41, 5.74) is 1.18. The second-order valence-electron chi connectivity index (χ2n) is 4.72. The molecule has 0 amide bonds. The van der Waals surface area contributed by atoms with E-state index >= 15 is 0 Å². The van der Waals surface area contributed by atoms with Gasteiger partial charge < -0.3 is 9.72 Å². The van der Waals surface area contributed by atoms with Crippen molar-refractivity contribution >= 4 is 22.6 Å². The van der Waals surface area contributed by atoms with Crippen molar-refractivity contribution in [3.63, 3.8) is 0 Å². The van der Waals surface area contributed by atoms with E-state index in [0.717, 1.165) is 12.1 Å². The van der Waals surface area contributed by atoms with Crippen LogP contribution in [0, 0.1) is 9.49 Å². The van der Waals surface area contributed by atoms with Gasteiger partial charge in [0, 0.05) is 6.07 Å². The van der Waals surface area contributed by atoms with E-state index in [4.69, 9.17) is 4.74 Å². The smallest absolute Gasteiger partial charge is 0.264 e. The van der Waals surface area contributed by atoms with Crippen LogP contribution in [0.4, 0.5) is 0 Å². The highest BCUT2D eigenvalue weighted by atomic mass is 127. The molecule has 6 nitrogen and oxygen atoms in total. The first-order valence-corrected chi connectivity index (χ1v) is 7.24. The molecule has 106 valence electrons. The average molecular weight is 386 g/mol.